The lowest BCUT2D eigenvalue weighted by molar-refractivity contribution is 0.0784. The Kier molecular flexibility index (Phi) is 4.73. The normalized spacial score (nSPS) is 9.95. The summed E-state index contributed by atoms with van der Waals surface area (Å²) in [4.78, 5) is 14.2. The van der Waals surface area contributed by atoms with Gasteiger partial charge in [0.05, 0.1) is 11.6 Å². The van der Waals surface area contributed by atoms with E-state index in [0.29, 0.717) is 12.1 Å². The van der Waals surface area contributed by atoms with E-state index in [0.717, 1.165) is 23.1 Å². The Labute approximate surface area is 125 Å². The maximum absolute atomic E-state index is 12.5. The van der Waals surface area contributed by atoms with Gasteiger partial charge in [-0.05, 0) is 35.7 Å². The molecule has 0 radical (unpaired) electrons. The summed E-state index contributed by atoms with van der Waals surface area (Å²) in [5.74, 6) is 0.00908. The number of nitrogens with zero attached hydrogens (tertiary/aromatic N) is 2. The third-order valence-corrected chi connectivity index (χ3v) is 3.45. The quantitative estimate of drug-likeness (QED) is 0.860. The number of nitriles is 1. The summed E-state index contributed by atoms with van der Waals surface area (Å²) in [6.07, 6.45) is 0.833. The molecule has 0 fully saturated rings. The van der Waals surface area contributed by atoms with Crippen molar-refractivity contribution < 1.29 is 4.79 Å². The first-order chi connectivity index (χ1) is 10.2. The molecule has 106 valence electrons. The van der Waals surface area contributed by atoms with E-state index in [-0.39, 0.29) is 5.91 Å². The van der Waals surface area contributed by atoms with Crippen LogP contribution in [0.4, 0.5) is 0 Å². The van der Waals surface area contributed by atoms with Gasteiger partial charge in [-0.2, -0.15) is 5.26 Å². The van der Waals surface area contributed by atoms with Gasteiger partial charge in [0.2, 0.25) is 0 Å². The van der Waals surface area contributed by atoms with Crippen LogP contribution in [0.1, 0.15) is 34.0 Å². The number of rotatable bonds is 4. The number of amides is 1. The first-order valence-electron chi connectivity index (χ1n) is 6.98. The second kappa shape index (κ2) is 6.71. The first kappa shape index (κ1) is 14.8. The zero-order chi connectivity index (χ0) is 15.2. The average molecular weight is 278 g/mol. The smallest absolute Gasteiger partial charge is 0.254 e. The van der Waals surface area contributed by atoms with Crippen LogP contribution in [0.3, 0.4) is 0 Å². The van der Waals surface area contributed by atoms with Crippen LogP contribution in [0.5, 0.6) is 0 Å². The molecule has 0 atom stereocenters. The van der Waals surface area contributed by atoms with Crippen LogP contribution in [0.15, 0.2) is 48.5 Å². The minimum absolute atomic E-state index is 0.00908. The molecule has 0 aliphatic carbocycles. The summed E-state index contributed by atoms with van der Waals surface area (Å²) in [6, 6.07) is 17.1. The van der Waals surface area contributed by atoms with Gasteiger partial charge in [-0.15, -0.1) is 0 Å². The molecule has 1 amide bonds. The largest absolute Gasteiger partial charge is 0.337 e. The van der Waals surface area contributed by atoms with Crippen LogP contribution in [0, 0.1) is 11.3 Å². The van der Waals surface area contributed by atoms with E-state index in [1.165, 1.54) is 0 Å². The fourth-order valence-corrected chi connectivity index (χ4v) is 2.33. The monoisotopic (exact) mass is 278 g/mol. The van der Waals surface area contributed by atoms with E-state index in [2.05, 4.69) is 6.07 Å². The lowest BCUT2D eigenvalue weighted by Gasteiger charge is -2.19. The number of hydrogen-bond donors (Lipinski definition) is 0. The summed E-state index contributed by atoms with van der Waals surface area (Å²) in [5, 5.41) is 8.92. The molecule has 0 bridgehead atoms. The van der Waals surface area contributed by atoms with Gasteiger partial charge in [0, 0.05) is 19.2 Å². The first-order valence-corrected chi connectivity index (χ1v) is 6.98. The van der Waals surface area contributed by atoms with Gasteiger partial charge in [0.15, 0.2) is 0 Å². The Morgan fingerprint density at radius 3 is 2.67 bits per heavy atom. The molecule has 0 unspecified atom stereocenters. The van der Waals surface area contributed by atoms with Crippen molar-refractivity contribution in [3.8, 4) is 6.07 Å². The number of carbonyl (C=O) groups is 1. The summed E-state index contributed by atoms with van der Waals surface area (Å²) >= 11 is 0. The molecule has 21 heavy (non-hydrogen) atoms. The maximum Gasteiger partial charge on any atom is 0.254 e. The van der Waals surface area contributed by atoms with Crippen molar-refractivity contribution in [3.63, 3.8) is 0 Å². The molecular weight excluding hydrogens is 260 g/mol. The molecule has 0 saturated carbocycles. The molecule has 2 aromatic carbocycles. The Hall–Kier alpha value is -2.60. The van der Waals surface area contributed by atoms with E-state index in [1.54, 1.807) is 18.0 Å². The van der Waals surface area contributed by atoms with Crippen LogP contribution in [0.2, 0.25) is 0 Å². The lowest BCUT2D eigenvalue weighted by atomic mass is 10.0. The number of carbonyl (C=O) groups excluding carboxylic acids is 1. The molecule has 0 spiro atoms. The molecule has 2 rings (SSSR count). The zero-order valence-electron chi connectivity index (χ0n) is 12.3. The Bertz CT molecular complexity index is 686. The van der Waals surface area contributed by atoms with Gasteiger partial charge in [-0.3, -0.25) is 4.79 Å². The Morgan fingerprint density at radius 1 is 1.19 bits per heavy atom. The molecule has 3 heteroatoms. The molecule has 0 aromatic heterocycles. The minimum atomic E-state index is 0.00908. The highest BCUT2D eigenvalue weighted by atomic mass is 16.2. The summed E-state index contributed by atoms with van der Waals surface area (Å²) < 4.78 is 0. The van der Waals surface area contributed by atoms with Crippen molar-refractivity contribution in [1.29, 1.82) is 5.26 Å². The van der Waals surface area contributed by atoms with Crippen LogP contribution in [-0.4, -0.2) is 17.9 Å². The number of aryl methyl sites for hydroxylation is 1. The van der Waals surface area contributed by atoms with Crippen LogP contribution in [-0.2, 0) is 13.0 Å². The Morgan fingerprint density at radius 2 is 1.95 bits per heavy atom. The summed E-state index contributed by atoms with van der Waals surface area (Å²) in [6.45, 7) is 2.54. The predicted octanol–water partition coefficient (Wildman–Crippen LogP) is 3.39. The van der Waals surface area contributed by atoms with Gasteiger partial charge in [-0.1, -0.05) is 37.3 Å². The SMILES string of the molecule is CCc1ccccc1C(=O)N(C)Cc1cccc(C#N)c1. The molecule has 0 heterocycles. The number of benzene rings is 2. The van der Waals surface area contributed by atoms with Crippen LogP contribution in [0.25, 0.3) is 0 Å². The van der Waals surface area contributed by atoms with Crippen molar-refractivity contribution >= 4 is 5.91 Å². The van der Waals surface area contributed by atoms with Crippen molar-refractivity contribution in [2.24, 2.45) is 0 Å². The average Bonchev–Trinajstić information content (AvgIpc) is 2.54. The fraction of sp³-hybridized carbons (Fsp3) is 0.222. The van der Waals surface area contributed by atoms with E-state index < -0.39 is 0 Å². The Balaban J connectivity index is 2.18. The number of hydrogen-bond acceptors (Lipinski definition) is 2. The highest BCUT2D eigenvalue weighted by Crippen LogP contribution is 2.14. The molecule has 0 aliphatic heterocycles. The van der Waals surface area contributed by atoms with Gasteiger partial charge in [0.1, 0.15) is 0 Å². The fourth-order valence-electron chi connectivity index (χ4n) is 2.33. The van der Waals surface area contributed by atoms with E-state index in [4.69, 9.17) is 5.26 Å². The van der Waals surface area contributed by atoms with Crippen LogP contribution >= 0.6 is 0 Å². The minimum Gasteiger partial charge on any atom is -0.337 e. The molecule has 2 aromatic rings. The van der Waals surface area contributed by atoms with Crippen molar-refractivity contribution in [2.75, 3.05) is 7.05 Å². The molecular formula is C18H18N2O. The lowest BCUT2D eigenvalue weighted by Crippen LogP contribution is -2.27. The maximum atomic E-state index is 12.5. The van der Waals surface area contributed by atoms with E-state index >= 15 is 0 Å². The predicted molar refractivity (Wildman–Crippen MR) is 82.8 cm³/mol. The van der Waals surface area contributed by atoms with Crippen LogP contribution < -0.4 is 0 Å². The highest BCUT2D eigenvalue weighted by molar-refractivity contribution is 5.95. The third kappa shape index (κ3) is 3.49. The molecule has 0 aliphatic rings. The van der Waals surface area contributed by atoms with Gasteiger partial charge in [0.25, 0.3) is 5.91 Å². The summed E-state index contributed by atoms with van der Waals surface area (Å²) in [5.41, 5.74) is 3.38. The highest BCUT2D eigenvalue weighted by Gasteiger charge is 2.14. The summed E-state index contributed by atoms with van der Waals surface area (Å²) in [7, 11) is 1.79. The molecule has 0 N–H and O–H groups in total. The topological polar surface area (TPSA) is 44.1 Å². The van der Waals surface area contributed by atoms with Gasteiger partial charge < -0.3 is 4.90 Å². The van der Waals surface area contributed by atoms with Gasteiger partial charge >= 0.3 is 0 Å². The second-order valence-corrected chi connectivity index (χ2v) is 4.98. The molecule has 0 saturated heterocycles. The van der Waals surface area contributed by atoms with Crippen molar-refractivity contribution in [3.05, 3.63) is 70.8 Å². The zero-order valence-corrected chi connectivity index (χ0v) is 12.3. The standard InChI is InChI=1S/C18H18N2O/c1-3-16-9-4-5-10-17(16)18(21)20(2)13-15-8-6-7-14(11-15)12-19/h4-11H,3,13H2,1-2H3. The van der Waals surface area contributed by atoms with Gasteiger partial charge in [-0.25, -0.2) is 0 Å². The van der Waals surface area contributed by atoms with Crippen molar-refractivity contribution in [1.82, 2.24) is 4.90 Å². The van der Waals surface area contributed by atoms with Crippen molar-refractivity contribution in [2.45, 2.75) is 19.9 Å². The van der Waals surface area contributed by atoms with E-state index in [1.807, 2.05) is 49.4 Å². The second-order valence-electron chi connectivity index (χ2n) is 4.98. The third-order valence-electron chi connectivity index (χ3n) is 3.45. The van der Waals surface area contributed by atoms with E-state index in [9.17, 15) is 4.79 Å². The molecule has 3 nitrogen and oxygen atoms in total.